The van der Waals surface area contributed by atoms with Crippen LogP contribution in [0.3, 0.4) is 0 Å². The Kier molecular flexibility index (Phi) is 6.37. The molecule has 1 aromatic carbocycles. The van der Waals surface area contributed by atoms with Gasteiger partial charge < -0.3 is 26.3 Å². The van der Waals surface area contributed by atoms with Crippen LogP contribution in [0.4, 0.5) is 0 Å². The molecule has 8 heteroatoms. The third-order valence-electron chi connectivity index (χ3n) is 3.20. The fourth-order valence-electron chi connectivity index (χ4n) is 2.10. The zero-order chi connectivity index (χ0) is 16.5. The molecule has 1 aromatic rings. The van der Waals surface area contributed by atoms with E-state index in [9.17, 15) is 4.79 Å². The topological polar surface area (TPSA) is 124 Å². The zero-order valence-corrected chi connectivity index (χ0v) is 12.8. The molecule has 0 saturated carbocycles. The molecule has 1 heterocycles. The Labute approximate surface area is 134 Å². The Bertz CT molecular complexity index is 578. The molecule has 1 atom stereocenters. The maximum absolute atomic E-state index is 11.8. The van der Waals surface area contributed by atoms with Gasteiger partial charge in [-0.3, -0.25) is 4.79 Å². The number of nitrogens with two attached hydrogens (primary N) is 2. The van der Waals surface area contributed by atoms with Gasteiger partial charge in [0.2, 0.25) is 5.96 Å². The number of nitrogens with one attached hydrogen (secondary N) is 1. The first-order valence-corrected chi connectivity index (χ1v) is 7.37. The first-order chi connectivity index (χ1) is 11.1. The van der Waals surface area contributed by atoms with E-state index in [1.165, 1.54) is 6.21 Å². The van der Waals surface area contributed by atoms with Gasteiger partial charge in [0.15, 0.2) is 6.61 Å². The predicted octanol–water partition coefficient (Wildman–Crippen LogP) is -0.0321. The first-order valence-electron chi connectivity index (χ1n) is 7.37. The highest BCUT2D eigenvalue weighted by Crippen LogP contribution is 2.16. The van der Waals surface area contributed by atoms with E-state index in [1.807, 2.05) is 6.07 Å². The van der Waals surface area contributed by atoms with E-state index >= 15 is 0 Å². The number of carbonyl (C=O) groups excluding carboxylic acids is 1. The van der Waals surface area contributed by atoms with E-state index in [2.05, 4.69) is 15.5 Å². The van der Waals surface area contributed by atoms with E-state index in [4.69, 9.17) is 20.9 Å². The van der Waals surface area contributed by atoms with Gasteiger partial charge in [-0.05, 0) is 25.0 Å². The summed E-state index contributed by atoms with van der Waals surface area (Å²) in [5.74, 6) is 0.193. The molecule has 1 amide bonds. The van der Waals surface area contributed by atoms with Gasteiger partial charge in [0.05, 0.1) is 12.3 Å². The van der Waals surface area contributed by atoms with E-state index in [-0.39, 0.29) is 24.6 Å². The van der Waals surface area contributed by atoms with Crippen molar-refractivity contribution in [1.29, 1.82) is 0 Å². The van der Waals surface area contributed by atoms with Gasteiger partial charge in [-0.1, -0.05) is 12.1 Å². The number of ether oxygens (including phenoxy) is 2. The lowest BCUT2D eigenvalue weighted by molar-refractivity contribution is -0.123. The van der Waals surface area contributed by atoms with E-state index < -0.39 is 0 Å². The molecule has 8 nitrogen and oxygen atoms in total. The third kappa shape index (κ3) is 5.95. The van der Waals surface area contributed by atoms with E-state index in [1.54, 1.807) is 18.2 Å². The number of hydrogen-bond donors (Lipinski definition) is 3. The van der Waals surface area contributed by atoms with Crippen molar-refractivity contribution in [2.24, 2.45) is 21.7 Å². The molecule has 124 valence electrons. The molecule has 2 rings (SSSR count). The van der Waals surface area contributed by atoms with Crippen LogP contribution in [0.1, 0.15) is 18.4 Å². The summed E-state index contributed by atoms with van der Waals surface area (Å²) in [4.78, 5) is 11.8. The van der Waals surface area contributed by atoms with Gasteiger partial charge in [-0.2, -0.15) is 5.10 Å². The third-order valence-corrected chi connectivity index (χ3v) is 3.20. The average Bonchev–Trinajstić information content (AvgIpc) is 3.05. The molecule has 23 heavy (non-hydrogen) atoms. The quantitative estimate of drug-likeness (QED) is 0.370. The number of hydrogen-bond acceptors (Lipinski definition) is 5. The molecule has 1 aliphatic rings. The van der Waals surface area contributed by atoms with Gasteiger partial charge in [-0.15, -0.1) is 5.10 Å². The number of guanidine groups is 1. The minimum Gasteiger partial charge on any atom is -0.483 e. The van der Waals surface area contributed by atoms with Crippen LogP contribution in [-0.2, 0) is 9.53 Å². The largest absolute Gasteiger partial charge is 0.483 e. The molecule has 0 bridgehead atoms. The molecule has 1 saturated heterocycles. The molecule has 5 N–H and O–H groups in total. The van der Waals surface area contributed by atoms with Crippen molar-refractivity contribution in [3.63, 3.8) is 0 Å². The van der Waals surface area contributed by atoms with Crippen LogP contribution in [-0.4, -0.2) is 43.9 Å². The number of rotatable bonds is 7. The fourth-order valence-corrected chi connectivity index (χ4v) is 2.10. The highest BCUT2D eigenvalue weighted by atomic mass is 16.5. The highest BCUT2D eigenvalue weighted by Gasteiger charge is 2.16. The Morgan fingerprint density at radius 1 is 1.43 bits per heavy atom. The number of nitrogens with zero attached hydrogens (tertiary/aromatic N) is 2. The normalized spacial score (nSPS) is 17.1. The SMILES string of the molecule is NC(N)=NN=Cc1ccccc1OCC(=O)NCC1CCCO1. The van der Waals surface area contributed by atoms with Crippen molar-refractivity contribution in [2.45, 2.75) is 18.9 Å². The fraction of sp³-hybridized carbons (Fsp3) is 0.400. The van der Waals surface area contributed by atoms with Crippen LogP contribution < -0.4 is 21.5 Å². The molecule has 0 aromatic heterocycles. The second-order valence-electron chi connectivity index (χ2n) is 5.04. The van der Waals surface area contributed by atoms with Gasteiger partial charge >= 0.3 is 0 Å². The van der Waals surface area contributed by atoms with Crippen molar-refractivity contribution in [2.75, 3.05) is 19.8 Å². The lowest BCUT2D eigenvalue weighted by atomic mass is 10.2. The van der Waals surface area contributed by atoms with Crippen LogP contribution >= 0.6 is 0 Å². The molecule has 1 fully saturated rings. The predicted molar refractivity (Wildman–Crippen MR) is 87.3 cm³/mol. The number of amides is 1. The summed E-state index contributed by atoms with van der Waals surface area (Å²) in [6.07, 6.45) is 3.59. The van der Waals surface area contributed by atoms with Crippen LogP contribution in [0, 0.1) is 0 Å². The number of carbonyl (C=O) groups is 1. The maximum Gasteiger partial charge on any atom is 0.258 e. The number of benzene rings is 1. The Morgan fingerprint density at radius 3 is 3.00 bits per heavy atom. The summed E-state index contributed by atoms with van der Waals surface area (Å²) >= 11 is 0. The molecule has 0 radical (unpaired) electrons. The monoisotopic (exact) mass is 319 g/mol. The van der Waals surface area contributed by atoms with Crippen LogP contribution in [0.15, 0.2) is 34.5 Å². The van der Waals surface area contributed by atoms with Crippen molar-refractivity contribution in [3.8, 4) is 5.75 Å². The van der Waals surface area contributed by atoms with E-state index in [0.717, 1.165) is 19.4 Å². The van der Waals surface area contributed by atoms with Gasteiger partial charge in [0, 0.05) is 18.7 Å². The lowest BCUT2D eigenvalue weighted by Gasteiger charge is -2.12. The van der Waals surface area contributed by atoms with Crippen molar-refractivity contribution in [3.05, 3.63) is 29.8 Å². The smallest absolute Gasteiger partial charge is 0.258 e. The minimum atomic E-state index is -0.198. The summed E-state index contributed by atoms with van der Waals surface area (Å²) < 4.78 is 11.0. The summed E-state index contributed by atoms with van der Waals surface area (Å²) in [5, 5.41) is 10.1. The lowest BCUT2D eigenvalue weighted by Crippen LogP contribution is -2.35. The molecule has 1 unspecified atom stereocenters. The van der Waals surface area contributed by atoms with Crippen molar-refractivity contribution < 1.29 is 14.3 Å². The maximum atomic E-state index is 11.8. The Morgan fingerprint density at radius 2 is 2.26 bits per heavy atom. The van der Waals surface area contributed by atoms with Crippen molar-refractivity contribution >= 4 is 18.1 Å². The van der Waals surface area contributed by atoms with Crippen LogP contribution in [0.25, 0.3) is 0 Å². The minimum absolute atomic E-state index is 0.0835. The average molecular weight is 319 g/mol. The second-order valence-corrected chi connectivity index (χ2v) is 5.04. The van der Waals surface area contributed by atoms with Gasteiger partial charge in [0.1, 0.15) is 5.75 Å². The van der Waals surface area contributed by atoms with Crippen LogP contribution in [0.2, 0.25) is 0 Å². The standard InChI is InChI=1S/C15H21N5O3/c16-15(17)20-19-8-11-4-1-2-6-13(11)23-10-14(21)18-9-12-5-3-7-22-12/h1-2,4,6,8,12H,3,5,7,9-10H2,(H,18,21)(H4,16,17,20). The molecule has 1 aliphatic heterocycles. The first kappa shape index (κ1) is 16.8. The zero-order valence-electron chi connectivity index (χ0n) is 12.8. The van der Waals surface area contributed by atoms with Crippen LogP contribution in [0.5, 0.6) is 5.75 Å². The van der Waals surface area contributed by atoms with Crippen molar-refractivity contribution in [1.82, 2.24) is 5.32 Å². The Hall–Kier alpha value is -2.61. The summed E-state index contributed by atoms with van der Waals surface area (Å²) in [6, 6.07) is 7.15. The Balaban J connectivity index is 1.83. The van der Waals surface area contributed by atoms with E-state index in [0.29, 0.717) is 17.9 Å². The van der Waals surface area contributed by atoms with Gasteiger partial charge in [0.25, 0.3) is 5.91 Å². The molecule has 0 spiro atoms. The molecular weight excluding hydrogens is 298 g/mol. The second kappa shape index (κ2) is 8.74. The molecule has 0 aliphatic carbocycles. The summed E-state index contributed by atoms with van der Waals surface area (Å²) in [6.45, 7) is 1.19. The summed E-state index contributed by atoms with van der Waals surface area (Å²) in [7, 11) is 0. The number of para-hydroxylation sites is 1. The molecular formula is C15H21N5O3. The summed E-state index contributed by atoms with van der Waals surface area (Å²) in [5.41, 5.74) is 11.1. The van der Waals surface area contributed by atoms with Gasteiger partial charge in [-0.25, -0.2) is 0 Å². The highest BCUT2D eigenvalue weighted by molar-refractivity contribution is 5.85.